The molecule has 16 heavy (non-hydrogen) atoms. The minimum atomic E-state index is -0.425. The molecule has 1 aromatic heterocycles. The molecule has 0 bridgehead atoms. The van der Waals surface area contributed by atoms with Gasteiger partial charge in [-0.2, -0.15) is 0 Å². The van der Waals surface area contributed by atoms with Crippen LogP contribution in [0, 0.1) is 11.8 Å². The minimum Gasteiger partial charge on any atom is -0.375 e. The Bertz CT molecular complexity index is 606. The SMILES string of the molecule is NC(=O)CC#Cc1ccc2sc(N)nc2c1. The second kappa shape index (κ2) is 4.21. The number of anilines is 1. The van der Waals surface area contributed by atoms with E-state index in [1.54, 1.807) is 0 Å². The number of nitrogens with zero attached hydrogens (tertiary/aromatic N) is 1. The zero-order valence-electron chi connectivity index (χ0n) is 8.36. The average Bonchev–Trinajstić information content (AvgIpc) is 2.56. The molecular formula is C11H9N3OS. The van der Waals surface area contributed by atoms with Crippen LogP contribution in [-0.4, -0.2) is 10.9 Å². The van der Waals surface area contributed by atoms with Crippen LogP contribution in [0.5, 0.6) is 0 Å². The monoisotopic (exact) mass is 231 g/mol. The van der Waals surface area contributed by atoms with Crippen LogP contribution in [-0.2, 0) is 4.79 Å². The summed E-state index contributed by atoms with van der Waals surface area (Å²) in [6.45, 7) is 0. The molecule has 0 atom stereocenters. The number of carbonyl (C=O) groups is 1. The van der Waals surface area contributed by atoms with Gasteiger partial charge in [0.25, 0.3) is 0 Å². The summed E-state index contributed by atoms with van der Waals surface area (Å²) in [5.41, 5.74) is 12.2. The van der Waals surface area contributed by atoms with Crippen molar-refractivity contribution >= 4 is 32.6 Å². The van der Waals surface area contributed by atoms with Crippen LogP contribution in [0.4, 0.5) is 5.13 Å². The summed E-state index contributed by atoms with van der Waals surface area (Å²) in [5, 5.41) is 0.539. The Labute approximate surface area is 96.3 Å². The highest BCUT2D eigenvalue weighted by molar-refractivity contribution is 7.22. The van der Waals surface area contributed by atoms with Crippen molar-refractivity contribution in [3.8, 4) is 11.8 Å². The van der Waals surface area contributed by atoms with Crippen LogP contribution >= 0.6 is 11.3 Å². The van der Waals surface area contributed by atoms with E-state index in [-0.39, 0.29) is 6.42 Å². The van der Waals surface area contributed by atoms with Crippen molar-refractivity contribution in [3.05, 3.63) is 23.8 Å². The lowest BCUT2D eigenvalue weighted by atomic mass is 10.2. The van der Waals surface area contributed by atoms with Crippen molar-refractivity contribution in [3.63, 3.8) is 0 Å². The van der Waals surface area contributed by atoms with E-state index in [4.69, 9.17) is 11.5 Å². The van der Waals surface area contributed by atoms with E-state index in [0.717, 1.165) is 15.8 Å². The minimum absolute atomic E-state index is 0.0667. The molecule has 4 nitrogen and oxygen atoms in total. The maximum atomic E-state index is 10.5. The van der Waals surface area contributed by atoms with Gasteiger partial charge in [0.15, 0.2) is 5.13 Å². The predicted octanol–water partition coefficient (Wildman–Crippen LogP) is 1.11. The maximum Gasteiger partial charge on any atom is 0.229 e. The number of hydrogen-bond acceptors (Lipinski definition) is 4. The molecule has 1 heterocycles. The van der Waals surface area contributed by atoms with Gasteiger partial charge in [0, 0.05) is 5.56 Å². The number of nitrogen functional groups attached to an aromatic ring is 1. The number of rotatable bonds is 1. The second-order valence-corrected chi connectivity index (χ2v) is 4.24. The molecule has 0 saturated heterocycles. The van der Waals surface area contributed by atoms with Crippen molar-refractivity contribution in [2.45, 2.75) is 6.42 Å². The number of aromatic nitrogens is 1. The summed E-state index contributed by atoms with van der Waals surface area (Å²) in [7, 11) is 0. The van der Waals surface area contributed by atoms with Crippen molar-refractivity contribution in [2.24, 2.45) is 5.73 Å². The molecule has 0 unspecified atom stereocenters. The van der Waals surface area contributed by atoms with Gasteiger partial charge in [-0.25, -0.2) is 4.98 Å². The van der Waals surface area contributed by atoms with Crippen LogP contribution in [0.3, 0.4) is 0 Å². The summed E-state index contributed by atoms with van der Waals surface area (Å²) in [6, 6.07) is 5.63. The summed E-state index contributed by atoms with van der Waals surface area (Å²) in [4.78, 5) is 14.7. The molecule has 5 heteroatoms. The topological polar surface area (TPSA) is 82.0 Å². The first-order valence-electron chi connectivity index (χ1n) is 4.58. The summed E-state index contributed by atoms with van der Waals surface area (Å²) in [5.74, 6) is 5.12. The predicted molar refractivity (Wildman–Crippen MR) is 64.7 cm³/mol. The molecule has 2 rings (SSSR count). The van der Waals surface area contributed by atoms with Crippen LogP contribution in [0.15, 0.2) is 18.2 Å². The summed E-state index contributed by atoms with van der Waals surface area (Å²) >= 11 is 1.43. The molecule has 1 aromatic carbocycles. The van der Waals surface area contributed by atoms with Gasteiger partial charge in [-0.05, 0) is 18.2 Å². The number of nitrogens with two attached hydrogens (primary N) is 2. The number of amides is 1. The van der Waals surface area contributed by atoms with Crippen molar-refractivity contribution in [1.29, 1.82) is 0 Å². The molecular weight excluding hydrogens is 222 g/mol. The first kappa shape index (κ1) is 10.5. The first-order valence-corrected chi connectivity index (χ1v) is 5.40. The third-order valence-corrected chi connectivity index (χ3v) is 2.77. The van der Waals surface area contributed by atoms with Gasteiger partial charge in [0.05, 0.1) is 16.6 Å². The van der Waals surface area contributed by atoms with Crippen LogP contribution in [0.25, 0.3) is 10.2 Å². The van der Waals surface area contributed by atoms with E-state index < -0.39 is 5.91 Å². The van der Waals surface area contributed by atoms with E-state index in [0.29, 0.717) is 5.13 Å². The lowest BCUT2D eigenvalue weighted by Gasteiger charge is -1.89. The second-order valence-electron chi connectivity index (χ2n) is 3.18. The van der Waals surface area contributed by atoms with E-state index in [2.05, 4.69) is 16.8 Å². The average molecular weight is 231 g/mol. The lowest BCUT2D eigenvalue weighted by Crippen LogP contribution is -2.08. The van der Waals surface area contributed by atoms with Gasteiger partial charge in [0.1, 0.15) is 0 Å². The first-order chi connectivity index (χ1) is 7.65. The summed E-state index contributed by atoms with van der Waals surface area (Å²) < 4.78 is 1.03. The molecule has 0 radical (unpaired) electrons. The molecule has 0 spiro atoms. The highest BCUT2D eigenvalue weighted by Gasteiger charge is 2.00. The van der Waals surface area contributed by atoms with Crippen molar-refractivity contribution < 1.29 is 4.79 Å². The van der Waals surface area contributed by atoms with Crippen LogP contribution in [0.1, 0.15) is 12.0 Å². The maximum absolute atomic E-state index is 10.5. The highest BCUT2D eigenvalue weighted by Crippen LogP contribution is 2.23. The Kier molecular flexibility index (Phi) is 2.75. The molecule has 4 N–H and O–H groups in total. The van der Waals surface area contributed by atoms with Crippen molar-refractivity contribution in [1.82, 2.24) is 4.98 Å². The molecule has 0 saturated carbocycles. The van der Waals surface area contributed by atoms with Gasteiger partial charge in [-0.1, -0.05) is 23.2 Å². The normalized spacial score (nSPS) is 9.75. The number of fused-ring (bicyclic) bond motifs is 1. The Morgan fingerprint density at radius 3 is 3.06 bits per heavy atom. The fourth-order valence-corrected chi connectivity index (χ4v) is 1.97. The summed E-state index contributed by atoms with van der Waals surface area (Å²) in [6.07, 6.45) is 0.0667. The number of hydrogen-bond donors (Lipinski definition) is 2. The van der Waals surface area contributed by atoms with E-state index >= 15 is 0 Å². The Morgan fingerprint density at radius 1 is 1.50 bits per heavy atom. The fraction of sp³-hybridized carbons (Fsp3) is 0.0909. The lowest BCUT2D eigenvalue weighted by molar-refractivity contribution is -0.117. The van der Waals surface area contributed by atoms with Gasteiger partial charge >= 0.3 is 0 Å². The van der Waals surface area contributed by atoms with Gasteiger partial charge < -0.3 is 11.5 Å². The molecule has 1 amide bonds. The third-order valence-electron chi connectivity index (χ3n) is 1.90. The molecule has 0 aliphatic carbocycles. The number of primary amides is 1. The third kappa shape index (κ3) is 2.30. The quantitative estimate of drug-likeness (QED) is 0.721. The van der Waals surface area contributed by atoms with Crippen LogP contribution in [0.2, 0.25) is 0 Å². The smallest absolute Gasteiger partial charge is 0.229 e. The largest absolute Gasteiger partial charge is 0.375 e. The van der Waals surface area contributed by atoms with Crippen LogP contribution < -0.4 is 11.5 Å². The van der Waals surface area contributed by atoms with Gasteiger partial charge in [0.2, 0.25) is 5.91 Å². The zero-order valence-corrected chi connectivity index (χ0v) is 9.17. The Morgan fingerprint density at radius 2 is 2.31 bits per heavy atom. The van der Waals surface area contributed by atoms with E-state index in [9.17, 15) is 4.79 Å². The molecule has 0 aliphatic rings. The molecule has 0 aliphatic heterocycles. The van der Waals surface area contributed by atoms with E-state index in [1.807, 2.05) is 18.2 Å². The van der Waals surface area contributed by atoms with Gasteiger partial charge in [-0.15, -0.1) is 0 Å². The number of thiazole rings is 1. The molecule has 0 fully saturated rings. The number of benzene rings is 1. The molecule has 2 aromatic rings. The zero-order chi connectivity index (χ0) is 11.5. The fourth-order valence-electron chi connectivity index (χ4n) is 1.26. The van der Waals surface area contributed by atoms with Crippen molar-refractivity contribution in [2.75, 3.05) is 5.73 Å². The Hall–Kier alpha value is -2.06. The molecule has 80 valence electrons. The highest BCUT2D eigenvalue weighted by atomic mass is 32.1. The number of carbonyl (C=O) groups excluding carboxylic acids is 1. The Balaban J connectivity index is 2.30. The standard InChI is InChI=1S/C11H9N3OS/c12-10(15)3-1-2-7-4-5-9-8(6-7)14-11(13)16-9/h4-6H,3H2,(H2,12,15)(H2,13,14). The van der Waals surface area contributed by atoms with Gasteiger partial charge in [-0.3, -0.25) is 4.79 Å². The van der Waals surface area contributed by atoms with E-state index in [1.165, 1.54) is 11.3 Å².